The molecule has 0 bridgehead atoms. The maximum absolute atomic E-state index is 14.3. The summed E-state index contributed by atoms with van der Waals surface area (Å²) in [4.78, 5) is 36.9. The molecule has 2 aromatic heterocycles. The molecule has 2 atom stereocenters. The Morgan fingerprint density at radius 3 is 2.76 bits per heavy atom. The number of unbranched alkanes of at least 4 members (excludes halogenated alkanes) is 1. The molecule has 1 saturated heterocycles. The van der Waals surface area contributed by atoms with Gasteiger partial charge in [0.25, 0.3) is 11.5 Å². The number of carbonyl (C=O) groups is 1. The molecule has 3 heterocycles. The summed E-state index contributed by atoms with van der Waals surface area (Å²) in [6.45, 7) is 4.16. The van der Waals surface area contributed by atoms with E-state index in [9.17, 15) is 28.7 Å². The van der Waals surface area contributed by atoms with Crippen LogP contribution in [0.3, 0.4) is 0 Å². The highest BCUT2D eigenvalue weighted by Gasteiger charge is 2.35. The van der Waals surface area contributed by atoms with Gasteiger partial charge in [0.15, 0.2) is 5.56 Å². The third-order valence-corrected chi connectivity index (χ3v) is 6.93. The lowest BCUT2D eigenvalue weighted by atomic mass is 10.0. The number of likely N-dealkylation sites (tertiary alicyclic amines) is 1. The maximum Gasteiger partial charge on any atom is 0.270 e. The van der Waals surface area contributed by atoms with E-state index >= 15 is 0 Å². The quantitative estimate of drug-likeness (QED) is 0.468. The smallest absolute Gasteiger partial charge is 0.270 e. The van der Waals surface area contributed by atoms with Crippen LogP contribution >= 0.6 is 0 Å². The zero-order chi connectivity index (χ0) is 27.4. The Hall–Kier alpha value is -4.13. The van der Waals surface area contributed by atoms with E-state index in [-0.39, 0.29) is 18.8 Å². The Balaban J connectivity index is 1.74. The van der Waals surface area contributed by atoms with Gasteiger partial charge in [0, 0.05) is 31.5 Å². The molecule has 38 heavy (non-hydrogen) atoms. The Morgan fingerprint density at radius 2 is 2.08 bits per heavy atom. The van der Waals surface area contributed by atoms with Crippen molar-refractivity contribution >= 4 is 5.91 Å². The van der Waals surface area contributed by atoms with Gasteiger partial charge < -0.3 is 10.0 Å². The third kappa shape index (κ3) is 5.28. The summed E-state index contributed by atoms with van der Waals surface area (Å²) in [5.41, 5.74) is 0.0961. The average Bonchev–Trinajstić information content (AvgIpc) is 3.39. The number of aromatic nitrogens is 3. The Morgan fingerprint density at radius 1 is 1.29 bits per heavy atom. The van der Waals surface area contributed by atoms with E-state index in [2.05, 4.69) is 16.0 Å². The van der Waals surface area contributed by atoms with E-state index in [1.165, 1.54) is 9.47 Å². The zero-order valence-corrected chi connectivity index (χ0v) is 21.3. The lowest BCUT2D eigenvalue weighted by Crippen LogP contribution is -2.38. The molecule has 1 N–H and O–H groups in total. The molecule has 8 nitrogen and oxygen atoms in total. The summed E-state index contributed by atoms with van der Waals surface area (Å²) in [6.07, 6.45) is 3.76. The zero-order valence-electron chi connectivity index (χ0n) is 21.3. The van der Waals surface area contributed by atoms with E-state index in [0.717, 1.165) is 30.7 Å². The van der Waals surface area contributed by atoms with Crippen molar-refractivity contribution in [2.24, 2.45) is 0 Å². The minimum Gasteiger partial charge on any atom is -0.493 e. The first kappa shape index (κ1) is 26.9. The van der Waals surface area contributed by atoms with Gasteiger partial charge in [0.1, 0.15) is 17.5 Å². The molecule has 0 radical (unpaired) electrons. The number of rotatable bonds is 8. The number of amides is 1. The third-order valence-electron chi connectivity index (χ3n) is 6.93. The van der Waals surface area contributed by atoms with Crippen LogP contribution in [0.25, 0.3) is 0 Å². The van der Waals surface area contributed by atoms with E-state index in [4.69, 9.17) is 0 Å². The normalized spacial score (nSPS) is 15.9. The van der Waals surface area contributed by atoms with Crippen LogP contribution in [0.2, 0.25) is 0 Å². The largest absolute Gasteiger partial charge is 0.493 e. The van der Waals surface area contributed by atoms with Crippen molar-refractivity contribution < 1.29 is 18.7 Å². The van der Waals surface area contributed by atoms with Crippen molar-refractivity contribution in [2.75, 3.05) is 13.1 Å². The number of nitriles is 1. The van der Waals surface area contributed by atoms with Crippen LogP contribution in [0, 0.1) is 23.0 Å². The van der Waals surface area contributed by atoms with Crippen LogP contribution in [0.4, 0.5) is 8.78 Å². The molecule has 1 aliphatic heterocycles. The molecule has 1 aromatic carbocycles. The van der Waals surface area contributed by atoms with Crippen molar-refractivity contribution in [3.05, 3.63) is 86.7 Å². The molecule has 10 heteroatoms. The lowest BCUT2D eigenvalue weighted by Gasteiger charge is -2.24. The maximum atomic E-state index is 14.3. The number of benzene rings is 1. The van der Waals surface area contributed by atoms with Gasteiger partial charge in [-0.15, -0.1) is 0 Å². The van der Waals surface area contributed by atoms with E-state index in [1.54, 1.807) is 18.2 Å². The molecule has 0 spiro atoms. The predicted molar refractivity (Wildman–Crippen MR) is 136 cm³/mol. The number of aromatic hydroxyl groups is 1. The molecule has 0 aliphatic carbocycles. The monoisotopic (exact) mass is 521 g/mol. The van der Waals surface area contributed by atoms with Gasteiger partial charge in [-0.3, -0.25) is 19.1 Å². The van der Waals surface area contributed by atoms with Gasteiger partial charge in [0.05, 0.1) is 29.6 Å². The molecule has 0 unspecified atom stereocenters. The van der Waals surface area contributed by atoms with Crippen LogP contribution in [0.15, 0.2) is 41.3 Å². The highest BCUT2D eigenvalue weighted by molar-refractivity contribution is 5.96. The summed E-state index contributed by atoms with van der Waals surface area (Å²) in [5.74, 6) is -3.04. The Labute approximate surface area is 219 Å². The second kappa shape index (κ2) is 11.5. The fraction of sp³-hybridized carbons (Fsp3) is 0.393. The van der Waals surface area contributed by atoms with E-state index < -0.39 is 46.5 Å². The highest BCUT2D eigenvalue weighted by atomic mass is 19.1. The second-order valence-corrected chi connectivity index (χ2v) is 9.42. The molecule has 198 valence electrons. The molecule has 1 amide bonds. The number of hydrogen-bond acceptors (Lipinski definition) is 6. The fourth-order valence-corrected chi connectivity index (χ4v) is 5.02. The minimum atomic E-state index is -0.790. The van der Waals surface area contributed by atoms with Gasteiger partial charge in [-0.1, -0.05) is 32.4 Å². The van der Waals surface area contributed by atoms with Gasteiger partial charge in [-0.25, -0.2) is 8.78 Å². The van der Waals surface area contributed by atoms with Crippen molar-refractivity contribution in [1.29, 1.82) is 5.26 Å². The van der Waals surface area contributed by atoms with E-state index in [1.807, 2.05) is 19.9 Å². The number of aryl methyl sites for hydroxylation is 1. The summed E-state index contributed by atoms with van der Waals surface area (Å²) in [5, 5.41) is 20.1. The molecule has 4 rings (SSSR count). The van der Waals surface area contributed by atoms with Crippen molar-refractivity contribution in [3.8, 4) is 11.9 Å². The molecule has 3 aromatic rings. The SMILES string of the molecule is CCCCc1nc(O)c(C(=O)N2CC[C@H](c3ncc(F)cc3F)C2)c(=O)n1[C@H](CC)c1cccc(C#N)c1. The highest BCUT2D eigenvalue weighted by Crippen LogP contribution is 2.30. The first-order valence-electron chi connectivity index (χ1n) is 12.7. The van der Waals surface area contributed by atoms with Gasteiger partial charge in [-0.2, -0.15) is 10.2 Å². The van der Waals surface area contributed by atoms with Gasteiger partial charge >= 0.3 is 0 Å². The van der Waals surface area contributed by atoms with Gasteiger partial charge in [-0.05, 0) is 37.0 Å². The number of hydrogen-bond donors (Lipinski definition) is 1. The van der Waals surface area contributed by atoms with Crippen LogP contribution in [-0.2, 0) is 6.42 Å². The molecule has 1 aliphatic rings. The van der Waals surface area contributed by atoms with Crippen LogP contribution in [0.1, 0.15) is 84.5 Å². The summed E-state index contributed by atoms with van der Waals surface area (Å²) in [6, 6.07) is 9.27. The minimum absolute atomic E-state index is 0.0554. The van der Waals surface area contributed by atoms with Gasteiger partial charge in [0.2, 0.25) is 5.88 Å². The first-order chi connectivity index (χ1) is 18.3. The first-order valence-corrected chi connectivity index (χ1v) is 12.7. The molecular weight excluding hydrogens is 492 g/mol. The number of nitrogens with zero attached hydrogens (tertiary/aromatic N) is 5. The Bertz CT molecular complexity index is 1450. The van der Waals surface area contributed by atoms with Crippen LogP contribution in [0.5, 0.6) is 5.88 Å². The van der Waals surface area contributed by atoms with Crippen LogP contribution in [-0.4, -0.2) is 43.5 Å². The van der Waals surface area contributed by atoms with Crippen molar-refractivity contribution in [1.82, 2.24) is 19.4 Å². The molecule has 0 saturated carbocycles. The second-order valence-electron chi connectivity index (χ2n) is 9.42. The summed E-state index contributed by atoms with van der Waals surface area (Å²) < 4.78 is 29.0. The standard InChI is InChI=1S/C28H29F2N5O3/c1-3-5-9-23-33-26(36)24(28(38)35(23)22(4-2)18-8-6-7-17(12-18)14-31)27(37)34-11-10-19(16-34)25-21(30)13-20(29)15-32-25/h6-8,12-13,15,19,22,36H,3-5,9-11,16H2,1-2H3/t19-,22+/m0/s1. The van der Waals surface area contributed by atoms with Crippen molar-refractivity contribution in [2.45, 2.75) is 57.9 Å². The van der Waals surface area contributed by atoms with Crippen LogP contribution < -0.4 is 5.56 Å². The van der Waals surface area contributed by atoms with Crippen molar-refractivity contribution in [3.63, 3.8) is 0 Å². The average molecular weight is 522 g/mol. The molecular formula is C28H29F2N5O3. The lowest BCUT2D eigenvalue weighted by molar-refractivity contribution is 0.0783. The Kier molecular flexibility index (Phi) is 8.15. The topological polar surface area (TPSA) is 112 Å². The molecule has 1 fully saturated rings. The number of halogens is 2. The summed E-state index contributed by atoms with van der Waals surface area (Å²) in [7, 11) is 0. The summed E-state index contributed by atoms with van der Waals surface area (Å²) >= 11 is 0. The number of pyridine rings is 1. The van der Waals surface area contributed by atoms with E-state index in [0.29, 0.717) is 30.7 Å². The number of carbonyl (C=O) groups excluding carboxylic acids is 1. The fourth-order valence-electron chi connectivity index (χ4n) is 5.02. The predicted octanol–water partition coefficient (Wildman–Crippen LogP) is 4.47.